The van der Waals surface area contributed by atoms with Gasteiger partial charge in [0.25, 0.3) is 0 Å². The van der Waals surface area contributed by atoms with Crippen LogP contribution in [0.1, 0.15) is 29.9 Å². The first-order valence-electron chi connectivity index (χ1n) is 9.75. The van der Waals surface area contributed by atoms with E-state index in [0.29, 0.717) is 18.1 Å². The summed E-state index contributed by atoms with van der Waals surface area (Å²) in [6.45, 7) is 0.680. The van der Waals surface area contributed by atoms with Gasteiger partial charge >= 0.3 is 0 Å². The van der Waals surface area contributed by atoms with Gasteiger partial charge in [0.05, 0.1) is 12.3 Å². The molecule has 1 aliphatic rings. The van der Waals surface area contributed by atoms with Crippen molar-refractivity contribution in [2.75, 3.05) is 12.3 Å². The lowest BCUT2D eigenvalue weighted by atomic mass is 9.85. The first-order chi connectivity index (χ1) is 14.3. The quantitative estimate of drug-likeness (QED) is 0.511. The number of nitrogens with two attached hydrogens (primary N) is 1. The monoisotopic (exact) mass is 383 g/mol. The summed E-state index contributed by atoms with van der Waals surface area (Å²) in [7, 11) is 0. The van der Waals surface area contributed by atoms with E-state index < -0.39 is 0 Å². The van der Waals surface area contributed by atoms with E-state index in [9.17, 15) is 0 Å². The van der Waals surface area contributed by atoms with Gasteiger partial charge in [-0.25, -0.2) is 0 Å². The first kappa shape index (κ1) is 17.4. The summed E-state index contributed by atoms with van der Waals surface area (Å²) in [5, 5.41) is 14.5. The van der Waals surface area contributed by atoms with E-state index in [4.69, 9.17) is 10.5 Å². The Balaban J connectivity index is 1.69. The smallest absolute Gasteiger partial charge is 0.205 e. The number of fused-ring (bicyclic) bond motifs is 1. The molecule has 6 heteroatoms. The number of hydrogen-bond donors (Lipinski definition) is 2. The number of ether oxygens (including phenoxy) is 1. The van der Waals surface area contributed by atoms with E-state index in [-0.39, 0.29) is 5.92 Å². The Bertz CT molecular complexity index is 1130. The maximum absolute atomic E-state index is 6.48. The lowest BCUT2D eigenvalue weighted by Crippen LogP contribution is -2.03. The van der Waals surface area contributed by atoms with Crippen LogP contribution in [0.15, 0.2) is 66.7 Å². The molecule has 3 N–H and O–H groups in total. The van der Waals surface area contributed by atoms with Crippen molar-refractivity contribution in [2.24, 2.45) is 0 Å². The molecule has 0 amide bonds. The van der Waals surface area contributed by atoms with Crippen LogP contribution in [-0.2, 0) is 0 Å². The van der Waals surface area contributed by atoms with E-state index in [1.807, 2.05) is 30.3 Å². The number of nitrogens with zero attached hydrogens (tertiary/aromatic N) is 3. The van der Waals surface area contributed by atoms with E-state index in [0.717, 1.165) is 40.8 Å². The predicted octanol–water partition coefficient (Wildman–Crippen LogP) is 4.42. The lowest BCUT2D eigenvalue weighted by Gasteiger charge is -2.20. The number of aromatic nitrogens is 4. The summed E-state index contributed by atoms with van der Waals surface area (Å²) in [6, 6.07) is 22.8. The molecule has 0 spiro atoms. The molecular weight excluding hydrogens is 362 g/mol. The fraction of sp³-hybridized carbons (Fsp3) is 0.174. The number of tetrazole rings is 1. The Morgan fingerprint density at radius 2 is 1.76 bits per heavy atom. The van der Waals surface area contributed by atoms with Gasteiger partial charge in [-0.05, 0) is 46.9 Å². The number of benzene rings is 3. The normalized spacial score (nSPS) is 15.9. The summed E-state index contributed by atoms with van der Waals surface area (Å²) in [6.07, 6.45) is 2.01. The first-order valence-corrected chi connectivity index (χ1v) is 9.75. The van der Waals surface area contributed by atoms with Crippen LogP contribution in [0.4, 0.5) is 5.69 Å². The maximum Gasteiger partial charge on any atom is 0.205 e. The van der Waals surface area contributed by atoms with Crippen LogP contribution < -0.4 is 10.5 Å². The van der Waals surface area contributed by atoms with Gasteiger partial charge in [-0.2, -0.15) is 5.21 Å². The van der Waals surface area contributed by atoms with Crippen molar-refractivity contribution in [3.05, 3.63) is 77.9 Å². The molecule has 0 fully saturated rings. The van der Waals surface area contributed by atoms with Crippen LogP contribution in [0.25, 0.3) is 22.5 Å². The summed E-state index contributed by atoms with van der Waals surface area (Å²) in [5.74, 6) is 1.61. The van der Waals surface area contributed by atoms with E-state index in [2.05, 4.69) is 57.0 Å². The molecule has 0 saturated carbocycles. The second-order valence-electron chi connectivity index (χ2n) is 7.22. The number of H-pyrrole nitrogens is 1. The van der Waals surface area contributed by atoms with Crippen molar-refractivity contribution in [3.8, 4) is 28.3 Å². The Hall–Kier alpha value is -3.67. The molecule has 0 radical (unpaired) electrons. The van der Waals surface area contributed by atoms with Crippen molar-refractivity contribution in [2.45, 2.75) is 18.8 Å². The van der Waals surface area contributed by atoms with Crippen molar-refractivity contribution in [1.29, 1.82) is 0 Å². The molecule has 6 nitrogen and oxygen atoms in total. The van der Waals surface area contributed by atoms with Crippen LogP contribution in [0.2, 0.25) is 0 Å². The molecule has 1 aliphatic heterocycles. The molecule has 0 saturated heterocycles. The number of nitrogens with one attached hydrogen (secondary N) is 1. The zero-order valence-corrected chi connectivity index (χ0v) is 15.9. The molecule has 0 aliphatic carbocycles. The van der Waals surface area contributed by atoms with Gasteiger partial charge in [-0.1, -0.05) is 54.6 Å². The second kappa shape index (κ2) is 7.39. The molecule has 1 unspecified atom stereocenters. The third kappa shape index (κ3) is 3.23. The maximum atomic E-state index is 6.48. The van der Waals surface area contributed by atoms with Gasteiger partial charge in [-0.15, -0.1) is 10.2 Å². The minimum Gasteiger partial charge on any atom is -0.491 e. The molecular formula is C23H21N5O. The predicted molar refractivity (Wildman–Crippen MR) is 112 cm³/mol. The van der Waals surface area contributed by atoms with Crippen LogP contribution >= 0.6 is 0 Å². The van der Waals surface area contributed by atoms with Gasteiger partial charge < -0.3 is 10.5 Å². The number of aromatic amines is 1. The molecule has 2 heterocycles. The van der Waals surface area contributed by atoms with E-state index in [1.54, 1.807) is 0 Å². The molecule has 29 heavy (non-hydrogen) atoms. The van der Waals surface area contributed by atoms with Gasteiger partial charge in [0, 0.05) is 17.0 Å². The molecule has 4 aromatic rings. The fourth-order valence-corrected chi connectivity index (χ4v) is 4.11. The molecule has 5 rings (SSSR count). The zero-order valence-electron chi connectivity index (χ0n) is 15.9. The Morgan fingerprint density at radius 1 is 0.966 bits per heavy atom. The highest BCUT2D eigenvalue weighted by Crippen LogP contribution is 2.44. The lowest BCUT2D eigenvalue weighted by molar-refractivity contribution is 0.318. The highest BCUT2D eigenvalue weighted by atomic mass is 16.5. The number of anilines is 1. The van der Waals surface area contributed by atoms with E-state index >= 15 is 0 Å². The SMILES string of the molecule is Nc1cc(-c2ccccc2-c2nn[nH]n2)cc2c1OCCCC2c1ccccc1. The highest BCUT2D eigenvalue weighted by molar-refractivity contribution is 5.83. The van der Waals surface area contributed by atoms with Crippen LogP contribution in [-0.4, -0.2) is 27.2 Å². The average Bonchev–Trinajstić information content (AvgIpc) is 3.21. The van der Waals surface area contributed by atoms with Crippen molar-refractivity contribution < 1.29 is 4.74 Å². The Kier molecular flexibility index (Phi) is 4.44. The average molecular weight is 383 g/mol. The molecule has 1 atom stereocenters. The second-order valence-corrected chi connectivity index (χ2v) is 7.22. The largest absolute Gasteiger partial charge is 0.491 e. The molecule has 144 valence electrons. The number of nitrogen functional groups attached to an aromatic ring is 1. The fourth-order valence-electron chi connectivity index (χ4n) is 4.11. The molecule has 3 aromatic carbocycles. The Labute approximate surface area is 168 Å². The third-order valence-corrected chi connectivity index (χ3v) is 5.43. The van der Waals surface area contributed by atoms with Crippen LogP contribution in [0.5, 0.6) is 5.75 Å². The zero-order chi connectivity index (χ0) is 19.6. The van der Waals surface area contributed by atoms with Crippen molar-refractivity contribution in [3.63, 3.8) is 0 Å². The van der Waals surface area contributed by atoms with Gasteiger partial charge in [0.1, 0.15) is 5.75 Å². The number of rotatable bonds is 3. The number of hydrogen-bond acceptors (Lipinski definition) is 5. The van der Waals surface area contributed by atoms with Crippen LogP contribution in [0, 0.1) is 0 Å². The van der Waals surface area contributed by atoms with Gasteiger partial charge in [0.15, 0.2) is 0 Å². The Morgan fingerprint density at radius 3 is 2.55 bits per heavy atom. The van der Waals surface area contributed by atoms with E-state index in [1.165, 1.54) is 5.56 Å². The minimum atomic E-state index is 0.244. The third-order valence-electron chi connectivity index (χ3n) is 5.43. The summed E-state index contributed by atoms with van der Waals surface area (Å²) in [4.78, 5) is 0. The summed E-state index contributed by atoms with van der Waals surface area (Å²) < 4.78 is 6.06. The molecule has 1 aromatic heterocycles. The topological polar surface area (TPSA) is 89.7 Å². The standard InChI is InChI=1S/C23H21N5O/c24-21-14-16(18-9-4-5-10-19(18)23-25-27-28-26-23)13-20-17(11-6-12-29-22(20)21)15-7-2-1-3-8-15/h1-5,7-10,13-14,17H,6,11-12,24H2,(H,25,26,27,28). The summed E-state index contributed by atoms with van der Waals surface area (Å²) >= 11 is 0. The highest BCUT2D eigenvalue weighted by Gasteiger charge is 2.25. The van der Waals surface area contributed by atoms with Gasteiger partial charge in [0.2, 0.25) is 5.82 Å². The summed E-state index contributed by atoms with van der Waals surface area (Å²) in [5.41, 5.74) is 12.5. The minimum absolute atomic E-state index is 0.244. The van der Waals surface area contributed by atoms with Crippen molar-refractivity contribution >= 4 is 5.69 Å². The van der Waals surface area contributed by atoms with Crippen molar-refractivity contribution in [1.82, 2.24) is 20.6 Å². The van der Waals surface area contributed by atoms with Gasteiger partial charge in [-0.3, -0.25) is 0 Å². The molecule has 0 bridgehead atoms. The van der Waals surface area contributed by atoms with Crippen LogP contribution in [0.3, 0.4) is 0 Å².